The van der Waals surface area contributed by atoms with Gasteiger partial charge in [-0.05, 0) is 48.9 Å². The summed E-state index contributed by atoms with van der Waals surface area (Å²) in [7, 11) is -7.90. The maximum atomic E-state index is 13.0. The SMILES string of the molecule is COc1ccc(Oc2ccc(C(=O)c3ccc(C)c(S(=O)(=O)O)c3)cc2S(=O)(=O)O)c2ccccc12.CSOOO. The number of fused-ring (bicyclic) bond motifs is 1. The zero-order valence-corrected chi connectivity index (χ0v) is 24.1. The molecule has 0 aliphatic rings. The van der Waals surface area contributed by atoms with Crippen molar-refractivity contribution in [2.75, 3.05) is 13.4 Å². The second kappa shape index (κ2) is 13.4. The van der Waals surface area contributed by atoms with Crippen molar-refractivity contribution in [3.8, 4) is 17.2 Å². The molecule has 0 heterocycles. The predicted molar refractivity (Wildman–Crippen MR) is 150 cm³/mol. The molecule has 3 N–H and O–H groups in total. The first-order chi connectivity index (χ1) is 19.3. The van der Waals surface area contributed by atoms with E-state index in [9.17, 15) is 30.7 Å². The van der Waals surface area contributed by atoms with E-state index in [1.54, 1.807) is 42.7 Å². The fourth-order valence-electron chi connectivity index (χ4n) is 3.78. The Labute approximate surface area is 240 Å². The van der Waals surface area contributed by atoms with Gasteiger partial charge in [-0.15, -0.1) is 4.33 Å². The normalized spacial score (nSPS) is 11.5. The predicted octanol–water partition coefficient (Wildman–Crippen LogP) is 5.36. The highest BCUT2D eigenvalue weighted by atomic mass is 32.2. The summed E-state index contributed by atoms with van der Waals surface area (Å²) in [6.45, 7) is 1.45. The number of aryl methyl sites for hydroxylation is 1. The maximum absolute atomic E-state index is 13.0. The summed E-state index contributed by atoms with van der Waals surface area (Å²) in [6, 6.07) is 17.5. The minimum atomic E-state index is -4.83. The fourth-order valence-corrected chi connectivity index (χ4v) is 5.23. The quantitative estimate of drug-likeness (QED) is 0.0712. The van der Waals surface area contributed by atoms with Crippen LogP contribution in [0.25, 0.3) is 10.8 Å². The Kier molecular flexibility index (Phi) is 10.5. The molecule has 4 aromatic carbocycles. The molecule has 12 nitrogen and oxygen atoms in total. The molecule has 0 bridgehead atoms. The van der Waals surface area contributed by atoms with E-state index in [-0.39, 0.29) is 28.2 Å². The number of hydrogen-bond donors (Lipinski definition) is 3. The first-order valence-electron chi connectivity index (χ1n) is 11.3. The third-order valence-corrected chi connectivity index (χ3v) is 7.66. The molecule has 0 saturated heterocycles. The lowest BCUT2D eigenvalue weighted by Gasteiger charge is -2.14. The molecule has 0 fully saturated rings. The lowest BCUT2D eigenvalue weighted by atomic mass is 10.0. The zero-order chi connectivity index (χ0) is 30.4. The van der Waals surface area contributed by atoms with Crippen molar-refractivity contribution in [3.63, 3.8) is 0 Å². The monoisotopic (exact) mass is 624 g/mol. The van der Waals surface area contributed by atoms with Crippen LogP contribution in [0.4, 0.5) is 0 Å². The Morgan fingerprint density at radius 2 is 1.27 bits per heavy atom. The van der Waals surface area contributed by atoms with Crippen LogP contribution in [0.15, 0.2) is 82.6 Å². The number of carbonyl (C=O) groups is 1. The molecule has 41 heavy (non-hydrogen) atoms. The van der Waals surface area contributed by atoms with Crippen LogP contribution >= 0.6 is 12.0 Å². The molecule has 0 saturated carbocycles. The Morgan fingerprint density at radius 1 is 0.756 bits per heavy atom. The van der Waals surface area contributed by atoms with Crippen LogP contribution < -0.4 is 9.47 Å². The molecule has 0 aromatic heterocycles. The van der Waals surface area contributed by atoms with Gasteiger partial charge in [-0.2, -0.15) is 16.8 Å². The van der Waals surface area contributed by atoms with Crippen LogP contribution in [0.2, 0.25) is 0 Å². The number of carbonyl (C=O) groups excluding carboxylic acids is 1. The van der Waals surface area contributed by atoms with E-state index in [0.29, 0.717) is 16.5 Å². The van der Waals surface area contributed by atoms with Gasteiger partial charge >= 0.3 is 0 Å². The molecule has 0 aliphatic heterocycles. The van der Waals surface area contributed by atoms with Gasteiger partial charge in [0.15, 0.2) is 5.78 Å². The van der Waals surface area contributed by atoms with Crippen LogP contribution in [0, 0.1) is 6.92 Å². The molecular weight excluding hydrogens is 600 g/mol. The Balaban J connectivity index is 0.000000850. The highest BCUT2D eigenvalue weighted by Crippen LogP contribution is 2.37. The first-order valence-corrected chi connectivity index (χ1v) is 15.3. The highest BCUT2D eigenvalue weighted by Gasteiger charge is 2.23. The third kappa shape index (κ3) is 7.81. The highest BCUT2D eigenvalue weighted by molar-refractivity contribution is 7.93. The summed E-state index contributed by atoms with van der Waals surface area (Å²) in [5.74, 6) is -0.0962. The minimum absolute atomic E-state index is 0.107. The number of ketones is 1. The molecule has 4 rings (SSSR count). The molecule has 0 aliphatic carbocycles. The molecule has 0 radical (unpaired) electrons. The van der Waals surface area contributed by atoms with Crippen molar-refractivity contribution < 1.29 is 54.8 Å². The van der Waals surface area contributed by atoms with Gasteiger partial charge in [0.2, 0.25) is 0 Å². The van der Waals surface area contributed by atoms with E-state index in [0.717, 1.165) is 24.2 Å². The van der Waals surface area contributed by atoms with Gasteiger partial charge in [0, 0.05) is 40.2 Å². The van der Waals surface area contributed by atoms with Crippen molar-refractivity contribution in [1.82, 2.24) is 0 Å². The van der Waals surface area contributed by atoms with E-state index in [2.05, 4.69) is 9.37 Å². The second-order valence-electron chi connectivity index (χ2n) is 8.14. The third-order valence-electron chi connectivity index (χ3n) is 5.59. The van der Waals surface area contributed by atoms with Crippen molar-refractivity contribution >= 4 is 48.8 Å². The van der Waals surface area contributed by atoms with Gasteiger partial charge in [-0.3, -0.25) is 13.9 Å². The summed E-state index contributed by atoms with van der Waals surface area (Å²) < 4.78 is 81.8. The smallest absolute Gasteiger partial charge is 0.298 e. The van der Waals surface area contributed by atoms with Crippen molar-refractivity contribution in [1.29, 1.82) is 0 Å². The minimum Gasteiger partial charge on any atom is -0.496 e. The van der Waals surface area contributed by atoms with E-state index in [1.165, 1.54) is 38.3 Å². The first kappa shape index (κ1) is 32.0. The Morgan fingerprint density at radius 3 is 1.78 bits per heavy atom. The van der Waals surface area contributed by atoms with Gasteiger partial charge < -0.3 is 9.47 Å². The van der Waals surface area contributed by atoms with Gasteiger partial charge in [0.05, 0.1) is 12.0 Å². The number of hydrogen-bond acceptors (Lipinski definition) is 11. The van der Waals surface area contributed by atoms with Crippen LogP contribution in [0.1, 0.15) is 21.5 Å². The summed E-state index contributed by atoms with van der Waals surface area (Å²) >= 11 is 0.929. The van der Waals surface area contributed by atoms with Crippen molar-refractivity contribution in [2.24, 2.45) is 0 Å². The maximum Gasteiger partial charge on any atom is 0.298 e. The number of benzene rings is 4. The zero-order valence-electron chi connectivity index (χ0n) is 21.7. The van der Waals surface area contributed by atoms with Crippen molar-refractivity contribution in [2.45, 2.75) is 16.7 Å². The van der Waals surface area contributed by atoms with Gasteiger partial charge in [0.1, 0.15) is 22.1 Å². The summed E-state index contributed by atoms with van der Waals surface area (Å²) in [5.41, 5.74) is -0.0350. The molecule has 0 amide bonds. The lowest BCUT2D eigenvalue weighted by Crippen LogP contribution is -2.08. The number of ether oxygens (including phenoxy) is 2. The van der Waals surface area contributed by atoms with Gasteiger partial charge in [-0.25, -0.2) is 5.26 Å². The average molecular weight is 625 g/mol. The second-order valence-corrected chi connectivity index (χ2v) is 11.4. The van der Waals surface area contributed by atoms with E-state index >= 15 is 0 Å². The summed E-state index contributed by atoms with van der Waals surface area (Å²) in [6.07, 6.45) is 1.62. The summed E-state index contributed by atoms with van der Waals surface area (Å²) in [4.78, 5) is 11.9. The molecule has 15 heteroatoms. The molecule has 0 atom stereocenters. The number of methoxy groups -OCH3 is 1. The summed E-state index contributed by atoms with van der Waals surface area (Å²) in [5, 5.41) is 11.8. The van der Waals surface area contributed by atoms with E-state index in [1.807, 2.05) is 0 Å². The number of rotatable bonds is 9. The van der Waals surface area contributed by atoms with E-state index in [4.69, 9.17) is 14.7 Å². The Bertz CT molecular complexity index is 1780. The van der Waals surface area contributed by atoms with Gasteiger partial charge in [-0.1, -0.05) is 41.4 Å². The fraction of sp³-hybridized carbons (Fsp3) is 0.115. The van der Waals surface area contributed by atoms with E-state index < -0.39 is 35.8 Å². The van der Waals surface area contributed by atoms with Gasteiger partial charge in [0.25, 0.3) is 20.2 Å². The average Bonchev–Trinajstić information content (AvgIpc) is 2.93. The molecule has 218 valence electrons. The van der Waals surface area contributed by atoms with Crippen LogP contribution in [-0.4, -0.2) is 50.3 Å². The molecule has 0 spiro atoms. The standard InChI is InChI=1S/C25H20O9S2.CH4O3S/c1-15-7-8-16(13-23(15)35(27,28)29)25(26)17-9-10-22(24(14-17)36(30,31)32)34-21-12-11-20(33-2)18-5-3-4-6-19(18)21;1-5-4-3-2/h3-14H,1-2H3,(H,27,28,29)(H,30,31,32);2H,1H3. The van der Waals surface area contributed by atoms with Crippen LogP contribution in [-0.2, 0) is 29.6 Å². The Hall–Kier alpha value is -3.54. The molecule has 0 unspecified atom stereocenters. The lowest BCUT2D eigenvalue weighted by molar-refractivity contribution is -0.432. The topological polar surface area (TPSA) is 183 Å². The molecular formula is C26H24O12S3. The van der Waals surface area contributed by atoms with Crippen LogP contribution in [0.5, 0.6) is 17.2 Å². The van der Waals surface area contributed by atoms with Crippen molar-refractivity contribution in [3.05, 3.63) is 89.5 Å². The largest absolute Gasteiger partial charge is 0.496 e. The molecule has 4 aromatic rings. The van der Waals surface area contributed by atoms with Crippen LogP contribution in [0.3, 0.4) is 0 Å².